The molecule has 4 rings (SSSR count). The van der Waals surface area contributed by atoms with Crippen molar-refractivity contribution < 1.29 is 0 Å². The standard InChI is InChI=1S/C32H43N/c1-3-5-6-25-7-9-26(10-8-25)27-11-13-28(14-12-27)29-15-17-30(18-16-29)31-19-22-32(24-33,21-4-2)23-20-31/h11-18,25-26,31H,3-10,19-23H2,1-2H3. The monoisotopic (exact) mass is 441 g/mol. The van der Waals surface area contributed by atoms with Gasteiger partial charge in [-0.3, -0.25) is 0 Å². The van der Waals surface area contributed by atoms with Crippen LogP contribution in [0.2, 0.25) is 0 Å². The van der Waals surface area contributed by atoms with Crippen molar-refractivity contribution in [3.05, 3.63) is 59.7 Å². The van der Waals surface area contributed by atoms with Crippen molar-refractivity contribution in [1.82, 2.24) is 0 Å². The zero-order valence-electron chi connectivity index (χ0n) is 21.0. The molecule has 0 heterocycles. The second-order valence-corrected chi connectivity index (χ2v) is 11.0. The fourth-order valence-electron chi connectivity index (χ4n) is 6.57. The van der Waals surface area contributed by atoms with Crippen LogP contribution in [-0.2, 0) is 0 Å². The Balaban J connectivity index is 1.33. The molecule has 0 radical (unpaired) electrons. The van der Waals surface area contributed by atoms with Crippen LogP contribution < -0.4 is 0 Å². The van der Waals surface area contributed by atoms with E-state index in [2.05, 4.69) is 68.4 Å². The Kier molecular flexibility index (Phi) is 8.29. The van der Waals surface area contributed by atoms with Gasteiger partial charge in [0.25, 0.3) is 0 Å². The van der Waals surface area contributed by atoms with Gasteiger partial charge < -0.3 is 0 Å². The SMILES string of the molecule is CCCCC1CCC(c2ccc(-c3ccc(C4CCC(C#N)(CCC)CC4)cc3)cc2)CC1. The van der Waals surface area contributed by atoms with E-state index in [0.717, 1.165) is 50.4 Å². The smallest absolute Gasteiger partial charge is 0.0689 e. The molecule has 0 amide bonds. The summed E-state index contributed by atoms with van der Waals surface area (Å²) in [5.74, 6) is 2.36. The van der Waals surface area contributed by atoms with Gasteiger partial charge in [0.1, 0.15) is 0 Å². The molecule has 2 fully saturated rings. The molecule has 0 N–H and O–H groups in total. The number of benzene rings is 2. The number of nitrogens with zero attached hydrogens (tertiary/aromatic N) is 1. The van der Waals surface area contributed by atoms with Crippen molar-refractivity contribution in [2.45, 2.75) is 109 Å². The van der Waals surface area contributed by atoms with E-state index in [9.17, 15) is 5.26 Å². The van der Waals surface area contributed by atoms with Crippen LogP contribution in [0.15, 0.2) is 48.5 Å². The van der Waals surface area contributed by atoms with Crippen molar-refractivity contribution in [3.8, 4) is 17.2 Å². The molecule has 2 aromatic rings. The van der Waals surface area contributed by atoms with E-state index < -0.39 is 0 Å². The van der Waals surface area contributed by atoms with Gasteiger partial charge in [-0.1, -0.05) is 88.1 Å². The Labute approximate surface area is 202 Å². The molecule has 1 heteroatoms. The normalized spacial score (nSPS) is 27.7. The summed E-state index contributed by atoms with van der Waals surface area (Å²) in [5, 5.41) is 9.69. The van der Waals surface area contributed by atoms with Gasteiger partial charge in [0.2, 0.25) is 0 Å². The van der Waals surface area contributed by atoms with Crippen molar-refractivity contribution >= 4 is 0 Å². The van der Waals surface area contributed by atoms with E-state index in [1.165, 1.54) is 61.6 Å². The van der Waals surface area contributed by atoms with Crippen LogP contribution in [-0.4, -0.2) is 0 Å². The first-order chi connectivity index (χ1) is 16.2. The fourth-order valence-corrected chi connectivity index (χ4v) is 6.57. The van der Waals surface area contributed by atoms with Crippen LogP contribution in [0.25, 0.3) is 11.1 Å². The van der Waals surface area contributed by atoms with E-state index in [1.807, 2.05) is 0 Å². The minimum atomic E-state index is -0.0539. The summed E-state index contributed by atoms with van der Waals surface area (Å²) < 4.78 is 0. The maximum Gasteiger partial charge on any atom is 0.0689 e. The third kappa shape index (κ3) is 5.90. The lowest BCUT2D eigenvalue weighted by Crippen LogP contribution is -2.25. The molecule has 2 aliphatic rings. The second kappa shape index (κ2) is 11.4. The lowest BCUT2D eigenvalue weighted by atomic mass is 9.68. The third-order valence-electron chi connectivity index (χ3n) is 8.82. The molecule has 0 unspecified atom stereocenters. The first-order valence-electron chi connectivity index (χ1n) is 13.8. The van der Waals surface area contributed by atoms with Crippen LogP contribution >= 0.6 is 0 Å². The highest BCUT2D eigenvalue weighted by molar-refractivity contribution is 5.64. The zero-order valence-corrected chi connectivity index (χ0v) is 21.0. The molecule has 0 spiro atoms. The number of unbranched alkanes of at least 4 members (excludes halogenated alkanes) is 1. The molecule has 2 saturated carbocycles. The third-order valence-corrected chi connectivity index (χ3v) is 8.82. The number of rotatable bonds is 8. The van der Waals surface area contributed by atoms with E-state index in [4.69, 9.17) is 0 Å². The van der Waals surface area contributed by atoms with Gasteiger partial charge in [-0.05, 0) is 97.8 Å². The minimum absolute atomic E-state index is 0.0539. The quantitative estimate of drug-likeness (QED) is 0.400. The van der Waals surface area contributed by atoms with Crippen molar-refractivity contribution in [3.63, 3.8) is 0 Å². The minimum Gasteiger partial charge on any atom is -0.198 e. The molecule has 2 aliphatic carbocycles. The molecule has 0 atom stereocenters. The number of hydrogen-bond acceptors (Lipinski definition) is 1. The Morgan fingerprint density at radius 1 is 0.727 bits per heavy atom. The highest BCUT2D eigenvalue weighted by Crippen LogP contribution is 2.45. The van der Waals surface area contributed by atoms with Crippen LogP contribution in [0.4, 0.5) is 0 Å². The average Bonchev–Trinajstić information content (AvgIpc) is 2.89. The summed E-state index contributed by atoms with van der Waals surface area (Å²) in [6.45, 7) is 4.51. The van der Waals surface area contributed by atoms with Gasteiger partial charge in [-0.15, -0.1) is 0 Å². The van der Waals surface area contributed by atoms with Gasteiger partial charge >= 0.3 is 0 Å². The average molecular weight is 442 g/mol. The van der Waals surface area contributed by atoms with Crippen LogP contribution in [0.5, 0.6) is 0 Å². The van der Waals surface area contributed by atoms with Gasteiger partial charge in [-0.25, -0.2) is 0 Å². The molecule has 2 aromatic carbocycles. The summed E-state index contributed by atoms with van der Waals surface area (Å²) in [6.07, 6.45) is 16.4. The van der Waals surface area contributed by atoms with Crippen molar-refractivity contribution in [2.24, 2.45) is 11.3 Å². The maximum absolute atomic E-state index is 9.69. The molecule has 0 aromatic heterocycles. The molecule has 0 saturated heterocycles. The van der Waals surface area contributed by atoms with E-state index in [0.29, 0.717) is 5.92 Å². The molecular weight excluding hydrogens is 398 g/mol. The largest absolute Gasteiger partial charge is 0.198 e. The van der Waals surface area contributed by atoms with Crippen LogP contribution in [0, 0.1) is 22.7 Å². The molecule has 33 heavy (non-hydrogen) atoms. The van der Waals surface area contributed by atoms with Crippen LogP contribution in [0.1, 0.15) is 120 Å². The van der Waals surface area contributed by atoms with Crippen LogP contribution in [0.3, 0.4) is 0 Å². The first-order valence-corrected chi connectivity index (χ1v) is 13.8. The molecule has 0 bridgehead atoms. The first kappa shape index (κ1) is 24.1. The topological polar surface area (TPSA) is 23.8 Å². The fraction of sp³-hybridized carbons (Fsp3) is 0.594. The Hall–Kier alpha value is -2.07. The van der Waals surface area contributed by atoms with Gasteiger partial charge in [-0.2, -0.15) is 5.26 Å². The summed E-state index contributed by atoms with van der Waals surface area (Å²) in [4.78, 5) is 0. The molecule has 1 nitrogen and oxygen atoms in total. The van der Waals surface area contributed by atoms with Gasteiger partial charge in [0.05, 0.1) is 11.5 Å². The number of hydrogen-bond donors (Lipinski definition) is 0. The summed E-state index contributed by atoms with van der Waals surface area (Å²) in [5.41, 5.74) is 5.60. The second-order valence-electron chi connectivity index (χ2n) is 11.0. The van der Waals surface area contributed by atoms with Crippen molar-refractivity contribution in [1.29, 1.82) is 5.26 Å². The Morgan fingerprint density at radius 2 is 1.24 bits per heavy atom. The molecular formula is C32H43N. The summed E-state index contributed by atoms with van der Waals surface area (Å²) in [7, 11) is 0. The van der Waals surface area contributed by atoms with Gasteiger partial charge in [0, 0.05) is 0 Å². The van der Waals surface area contributed by atoms with E-state index >= 15 is 0 Å². The summed E-state index contributed by atoms with van der Waals surface area (Å²) in [6, 6.07) is 21.4. The predicted molar refractivity (Wildman–Crippen MR) is 140 cm³/mol. The van der Waals surface area contributed by atoms with Gasteiger partial charge in [0.15, 0.2) is 0 Å². The lowest BCUT2D eigenvalue weighted by Gasteiger charge is -2.35. The highest BCUT2D eigenvalue weighted by atomic mass is 14.4. The summed E-state index contributed by atoms with van der Waals surface area (Å²) >= 11 is 0. The predicted octanol–water partition coefficient (Wildman–Crippen LogP) is 9.79. The lowest BCUT2D eigenvalue weighted by molar-refractivity contribution is 0.228. The molecule has 176 valence electrons. The Bertz CT molecular complexity index is 885. The molecule has 0 aliphatic heterocycles. The zero-order chi connectivity index (χ0) is 23.1. The maximum atomic E-state index is 9.69. The number of nitriles is 1. The van der Waals surface area contributed by atoms with E-state index in [-0.39, 0.29) is 5.41 Å². The highest BCUT2D eigenvalue weighted by Gasteiger charge is 2.35. The Morgan fingerprint density at radius 3 is 1.70 bits per heavy atom. The van der Waals surface area contributed by atoms with E-state index in [1.54, 1.807) is 5.56 Å². The van der Waals surface area contributed by atoms with Crippen molar-refractivity contribution in [2.75, 3.05) is 0 Å².